The highest BCUT2D eigenvalue weighted by atomic mass is 15.0. The zero-order valence-corrected chi connectivity index (χ0v) is 10.2. The van der Waals surface area contributed by atoms with Crippen molar-refractivity contribution in [2.45, 2.75) is 19.8 Å². The number of aromatic nitrogens is 3. The normalized spacial score (nSPS) is 13.4. The molecule has 1 aliphatic heterocycles. The van der Waals surface area contributed by atoms with E-state index in [2.05, 4.69) is 33.6 Å². The predicted octanol–water partition coefficient (Wildman–Crippen LogP) is 2.83. The second kappa shape index (κ2) is 3.42. The lowest BCUT2D eigenvalue weighted by Gasteiger charge is -2.20. The molecule has 3 heteroatoms. The van der Waals surface area contributed by atoms with Crippen LogP contribution in [0.5, 0.6) is 0 Å². The molecule has 0 aliphatic carbocycles. The number of nitrogens with zero attached hydrogens (tertiary/aromatic N) is 3. The van der Waals surface area contributed by atoms with Crippen molar-refractivity contribution in [3.05, 3.63) is 53.7 Å². The molecule has 0 spiro atoms. The molecule has 0 unspecified atom stereocenters. The maximum absolute atomic E-state index is 4.25. The monoisotopic (exact) mass is 235 g/mol. The minimum Gasteiger partial charge on any atom is -0.313 e. The first-order chi connectivity index (χ1) is 8.86. The van der Waals surface area contributed by atoms with Gasteiger partial charge in [-0.2, -0.15) is 0 Å². The first kappa shape index (κ1) is 9.83. The van der Waals surface area contributed by atoms with Gasteiger partial charge in [0.15, 0.2) is 0 Å². The van der Waals surface area contributed by atoms with Crippen molar-refractivity contribution < 1.29 is 0 Å². The van der Waals surface area contributed by atoms with E-state index in [1.165, 1.54) is 33.4 Å². The zero-order chi connectivity index (χ0) is 12.1. The van der Waals surface area contributed by atoms with Gasteiger partial charge in [0.05, 0.1) is 11.2 Å². The van der Waals surface area contributed by atoms with Crippen molar-refractivity contribution in [2.75, 3.05) is 0 Å². The summed E-state index contributed by atoms with van der Waals surface area (Å²) in [5.74, 6) is 0. The number of aryl methyl sites for hydroxylation is 2. The summed E-state index contributed by atoms with van der Waals surface area (Å²) in [7, 11) is 0. The van der Waals surface area contributed by atoms with Crippen LogP contribution in [0.2, 0.25) is 0 Å². The highest BCUT2D eigenvalue weighted by Crippen LogP contribution is 2.33. The first-order valence-corrected chi connectivity index (χ1v) is 6.23. The van der Waals surface area contributed by atoms with Crippen LogP contribution in [-0.4, -0.2) is 14.5 Å². The van der Waals surface area contributed by atoms with Crippen molar-refractivity contribution >= 4 is 10.9 Å². The summed E-state index contributed by atoms with van der Waals surface area (Å²) in [5.41, 5.74) is 6.64. The molecule has 0 radical (unpaired) electrons. The molecule has 0 bridgehead atoms. The van der Waals surface area contributed by atoms with Crippen LogP contribution >= 0.6 is 0 Å². The summed E-state index contributed by atoms with van der Waals surface area (Å²) in [6.07, 6.45) is 9.85. The lowest BCUT2D eigenvalue weighted by Crippen LogP contribution is -2.12. The molecular formula is C15H13N3. The van der Waals surface area contributed by atoms with Crippen LogP contribution in [0.25, 0.3) is 16.6 Å². The Labute approximate surface area is 105 Å². The lowest BCUT2D eigenvalue weighted by atomic mass is 10.0. The average molecular weight is 235 g/mol. The van der Waals surface area contributed by atoms with Crippen molar-refractivity contribution in [1.82, 2.24) is 14.5 Å². The molecule has 0 atom stereocenters. The van der Waals surface area contributed by atoms with Gasteiger partial charge >= 0.3 is 0 Å². The average Bonchev–Trinajstić information content (AvgIpc) is 2.73. The van der Waals surface area contributed by atoms with Gasteiger partial charge in [0.2, 0.25) is 0 Å². The number of fused-ring (bicyclic) bond motifs is 5. The van der Waals surface area contributed by atoms with Crippen LogP contribution < -0.4 is 0 Å². The van der Waals surface area contributed by atoms with E-state index in [1.807, 2.05) is 24.8 Å². The summed E-state index contributed by atoms with van der Waals surface area (Å²) < 4.78 is 2.37. The molecule has 0 aromatic carbocycles. The molecular weight excluding hydrogens is 222 g/mol. The zero-order valence-electron chi connectivity index (χ0n) is 10.2. The van der Waals surface area contributed by atoms with E-state index in [0.717, 1.165) is 12.8 Å². The number of hydrogen-bond donors (Lipinski definition) is 0. The molecule has 18 heavy (non-hydrogen) atoms. The van der Waals surface area contributed by atoms with Crippen molar-refractivity contribution in [2.24, 2.45) is 0 Å². The molecule has 88 valence electrons. The summed E-state index contributed by atoms with van der Waals surface area (Å²) >= 11 is 0. The Morgan fingerprint density at radius 2 is 1.89 bits per heavy atom. The molecule has 0 fully saturated rings. The topological polar surface area (TPSA) is 30.7 Å². The van der Waals surface area contributed by atoms with Gasteiger partial charge in [-0.15, -0.1) is 0 Å². The molecule has 4 rings (SSSR count). The quantitative estimate of drug-likeness (QED) is 0.600. The van der Waals surface area contributed by atoms with Gasteiger partial charge in [0.1, 0.15) is 0 Å². The number of pyridine rings is 2. The minimum absolute atomic E-state index is 1.08. The highest BCUT2D eigenvalue weighted by Gasteiger charge is 2.21. The molecule has 3 aromatic heterocycles. The van der Waals surface area contributed by atoms with Crippen LogP contribution in [0, 0.1) is 6.92 Å². The van der Waals surface area contributed by atoms with Crippen LogP contribution in [-0.2, 0) is 12.8 Å². The third kappa shape index (κ3) is 1.13. The van der Waals surface area contributed by atoms with Gasteiger partial charge in [0.25, 0.3) is 0 Å². The fourth-order valence-corrected chi connectivity index (χ4v) is 3.00. The Hall–Kier alpha value is -2.16. The van der Waals surface area contributed by atoms with E-state index < -0.39 is 0 Å². The number of rotatable bonds is 0. The van der Waals surface area contributed by atoms with Crippen LogP contribution in [0.1, 0.15) is 16.8 Å². The molecule has 3 nitrogen and oxygen atoms in total. The van der Waals surface area contributed by atoms with Crippen LogP contribution in [0.15, 0.2) is 36.9 Å². The second-order valence-electron chi connectivity index (χ2n) is 4.80. The minimum atomic E-state index is 1.08. The smallest absolute Gasteiger partial charge is 0.0565 e. The van der Waals surface area contributed by atoms with Crippen molar-refractivity contribution in [3.8, 4) is 5.69 Å². The van der Waals surface area contributed by atoms with Gasteiger partial charge < -0.3 is 4.57 Å². The molecule has 0 saturated heterocycles. The Kier molecular flexibility index (Phi) is 1.87. The number of hydrogen-bond acceptors (Lipinski definition) is 2. The van der Waals surface area contributed by atoms with Gasteiger partial charge in [0, 0.05) is 35.9 Å². The largest absolute Gasteiger partial charge is 0.313 e. The first-order valence-electron chi connectivity index (χ1n) is 6.23. The van der Waals surface area contributed by atoms with Gasteiger partial charge in [-0.3, -0.25) is 9.97 Å². The molecule has 1 aliphatic rings. The Morgan fingerprint density at radius 1 is 1.06 bits per heavy atom. The Balaban J connectivity index is 2.18. The van der Waals surface area contributed by atoms with Gasteiger partial charge in [-0.25, -0.2) is 0 Å². The van der Waals surface area contributed by atoms with E-state index in [0.29, 0.717) is 0 Å². The molecule has 4 heterocycles. The lowest BCUT2D eigenvalue weighted by molar-refractivity contribution is 0.807. The molecule has 0 saturated carbocycles. The summed E-state index contributed by atoms with van der Waals surface area (Å²) in [5, 5.41) is 1.26. The Morgan fingerprint density at radius 3 is 2.83 bits per heavy atom. The highest BCUT2D eigenvalue weighted by molar-refractivity contribution is 5.86. The van der Waals surface area contributed by atoms with Gasteiger partial charge in [-0.1, -0.05) is 0 Å². The van der Waals surface area contributed by atoms with E-state index in [4.69, 9.17) is 0 Å². The van der Waals surface area contributed by atoms with Crippen molar-refractivity contribution in [1.29, 1.82) is 0 Å². The standard InChI is InChI=1S/C15H13N3/c1-10-12-9-17-7-5-15(12)18-13(10)3-2-11-8-16-6-4-14(11)18/h4-9H,2-3H2,1H3. The van der Waals surface area contributed by atoms with E-state index in [-0.39, 0.29) is 0 Å². The van der Waals surface area contributed by atoms with Gasteiger partial charge in [-0.05, 0) is 43.0 Å². The maximum atomic E-state index is 4.25. The summed E-state index contributed by atoms with van der Waals surface area (Å²) in [4.78, 5) is 8.48. The third-order valence-electron chi connectivity index (χ3n) is 3.90. The summed E-state index contributed by atoms with van der Waals surface area (Å²) in [6.45, 7) is 2.20. The molecule has 0 amide bonds. The third-order valence-corrected chi connectivity index (χ3v) is 3.90. The fourth-order valence-electron chi connectivity index (χ4n) is 3.00. The van der Waals surface area contributed by atoms with E-state index in [1.54, 1.807) is 0 Å². The van der Waals surface area contributed by atoms with E-state index in [9.17, 15) is 0 Å². The maximum Gasteiger partial charge on any atom is 0.0565 e. The van der Waals surface area contributed by atoms with Crippen molar-refractivity contribution in [3.63, 3.8) is 0 Å². The molecule has 3 aromatic rings. The van der Waals surface area contributed by atoms with Crippen LogP contribution in [0.3, 0.4) is 0 Å². The van der Waals surface area contributed by atoms with E-state index >= 15 is 0 Å². The molecule has 0 N–H and O–H groups in total. The predicted molar refractivity (Wildman–Crippen MR) is 71.0 cm³/mol. The summed E-state index contributed by atoms with van der Waals surface area (Å²) in [6, 6.07) is 4.21. The van der Waals surface area contributed by atoms with Crippen LogP contribution in [0.4, 0.5) is 0 Å². The Bertz CT molecular complexity index is 756. The fraction of sp³-hybridized carbons (Fsp3) is 0.200. The SMILES string of the molecule is Cc1c2n(c3ccncc13)-c1ccncc1CC2. The second-order valence-corrected chi connectivity index (χ2v) is 4.80.